The van der Waals surface area contributed by atoms with E-state index < -0.39 is 0 Å². The van der Waals surface area contributed by atoms with Crippen LogP contribution in [0, 0.1) is 11.3 Å². The standard InChI is InChI=1S/C16H15N5/c1-3-10-7-12(18)13(8-17)20-15(10)11-5-4-6-14-16(11)19-9-21(14)2/h4-7,9H,3,18H2,1-2H3. The summed E-state index contributed by atoms with van der Waals surface area (Å²) in [5.74, 6) is 0. The molecule has 5 heteroatoms. The molecular weight excluding hydrogens is 262 g/mol. The molecule has 0 aliphatic carbocycles. The van der Waals surface area contributed by atoms with Gasteiger partial charge in [0, 0.05) is 12.6 Å². The molecule has 2 heterocycles. The van der Waals surface area contributed by atoms with Gasteiger partial charge in [-0.1, -0.05) is 19.1 Å². The van der Waals surface area contributed by atoms with Crippen LogP contribution in [0.1, 0.15) is 18.2 Å². The summed E-state index contributed by atoms with van der Waals surface area (Å²) in [6.45, 7) is 2.05. The number of hydrogen-bond donors (Lipinski definition) is 1. The average Bonchev–Trinajstić information content (AvgIpc) is 2.88. The summed E-state index contributed by atoms with van der Waals surface area (Å²) < 4.78 is 1.97. The van der Waals surface area contributed by atoms with Gasteiger partial charge in [-0.25, -0.2) is 9.97 Å². The highest BCUT2D eigenvalue weighted by Gasteiger charge is 2.14. The lowest BCUT2D eigenvalue weighted by Gasteiger charge is -2.10. The lowest BCUT2D eigenvalue weighted by atomic mass is 10.0. The summed E-state index contributed by atoms with van der Waals surface area (Å²) in [4.78, 5) is 8.91. The Morgan fingerprint density at radius 1 is 1.38 bits per heavy atom. The molecule has 2 N–H and O–H groups in total. The molecule has 21 heavy (non-hydrogen) atoms. The number of nitrogens with zero attached hydrogens (tertiary/aromatic N) is 4. The maximum absolute atomic E-state index is 9.16. The van der Waals surface area contributed by atoms with Gasteiger partial charge in [0.25, 0.3) is 0 Å². The number of pyridine rings is 1. The Bertz CT molecular complexity index is 870. The third kappa shape index (κ3) is 2.01. The van der Waals surface area contributed by atoms with Crippen molar-refractivity contribution in [3.8, 4) is 17.3 Å². The van der Waals surface area contributed by atoms with Crippen LogP contribution in [0.5, 0.6) is 0 Å². The normalized spacial score (nSPS) is 10.7. The van der Waals surface area contributed by atoms with Crippen LogP contribution in [0.2, 0.25) is 0 Å². The molecule has 3 aromatic rings. The van der Waals surface area contributed by atoms with Gasteiger partial charge in [0.15, 0.2) is 5.69 Å². The Kier molecular flexibility index (Phi) is 3.07. The first-order valence-corrected chi connectivity index (χ1v) is 6.75. The number of anilines is 1. The van der Waals surface area contributed by atoms with Gasteiger partial charge in [-0.05, 0) is 24.1 Å². The lowest BCUT2D eigenvalue weighted by molar-refractivity contribution is 0.948. The zero-order chi connectivity index (χ0) is 15.0. The van der Waals surface area contributed by atoms with E-state index in [2.05, 4.69) is 9.97 Å². The van der Waals surface area contributed by atoms with E-state index in [1.807, 2.05) is 48.9 Å². The quantitative estimate of drug-likeness (QED) is 0.780. The molecule has 0 amide bonds. The third-order valence-corrected chi connectivity index (χ3v) is 3.63. The van der Waals surface area contributed by atoms with Crippen LogP contribution in [0.4, 0.5) is 5.69 Å². The van der Waals surface area contributed by atoms with Crippen LogP contribution >= 0.6 is 0 Å². The van der Waals surface area contributed by atoms with E-state index in [1.165, 1.54) is 0 Å². The summed E-state index contributed by atoms with van der Waals surface area (Å²) in [5, 5.41) is 9.16. The van der Waals surface area contributed by atoms with Crippen molar-refractivity contribution in [2.75, 3.05) is 5.73 Å². The highest BCUT2D eigenvalue weighted by atomic mass is 15.0. The fraction of sp³-hybridized carbons (Fsp3) is 0.188. The largest absolute Gasteiger partial charge is 0.396 e. The van der Waals surface area contributed by atoms with E-state index in [0.29, 0.717) is 5.69 Å². The minimum atomic E-state index is 0.259. The molecule has 0 aliphatic heterocycles. The third-order valence-electron chi connectivity index (χ3n) is 3.63. The maximum Gasteiger partial charge on any atom is 0.164 e. The average molecular weight is 277 g/mol. The van der Waals surface area contributed by atoms with Gasteiger partial charge in [-0.3, -0.25) is 0 Å². The highest BCUT2D eigenvalue weighted by Crippen LogP contribution is 2.30. The van der Waals surface area contributed by atoms with Crippen molar-refractivity contribution in [2.24, 2.45) is 7.05 Å². The Labute approximate surface area is 122 Å². The molecule has 0 saturated carbocycles. The van der Waals surface area contributed by atoms with Crippen LogP contribution in [0.3, 0.4) is 0 Å². The number of fused-ring (bicyclic) bond motifs is 1. The number of aromatic nitrogens is 3. The minimum Gasteiger partial charge on any atom is -0.396 e. The maximum atomic E-state index is 9.16. The topological polar surface area (TPSA) is 80.5 Å². The van der Waals surface area contributed by atoms with Crippen molar-refractivity contribution in [1.29, 1.82) is 5.26 Å². The summed E-state index contributed by atoms with van der Waals surface area (Å²) in [7, 11) is 1.96. The van der Waals surface area contributed by atoms with E-state index in [1.54, 1.807) is 6.33 Å². The van der Waals surface area contributed by atoms with Gasteiger partial charge in [0.1, 0.15) is 6.07 Å². The predicted octanol–water partition coefficient (Wildman–Crippen LogP) is 2.65. The first kappa shape index (κ1) is 13.1. The van der Waals surface area contributed by atoms with Crippen molar-refractivity contribution in [3.05, 3.63) is 41.9 Å². The monoisotopic (exact) mass is 277 g/mol. The molecule has 0 bridgehead atoms. The van der Waals surface area contributed by atoms with E-state index in [9.17, 15) is 0 Å². The van der Waals surface area contributed by atoms with Gasteiger partial charge in [-0.2, -0.15) is 5.26 Å². The summed E-state index contributed by atoms with van der Waals surface area (Å²) in [6, 6.07) is 9.85. The van der Waals surface area contributed by atoms with Crippen LogP contribution < -0.4 is 5.73 Å². The molecule has 0 radical (unpaired) electrons. The first-order chi connectivity index (χ1) is 10.2. The fourth-order valence-electron chi connectivity index (χ4n) is 2.51. The zero-order valence-electron chi connectivity index (χ0n) is 12.0. The summed E-state index contributed by atoms with van der Waals surface area (Å²) in [6.07, 6.45) is 2.57. The number of nitrogen functional groups attached to an aromatic ring is 1. The number of benzene rings is 1. The van der Waals surface area contributed by atoms with E-state index in [0.717, 1.165) is 34.3 Å². The van der Waals surface area contributed by atoms with Crippen molar-refractivity contribution in [2.45, 2.75) is 13.3 Å². The predicted molar refractivity (Wildman–Crippen MR) is 82.5 cm³/mol. The SMILES string of the molecule is CCc1cc(N)c(C#N)nc1-c1cccc2c1ncn2C. The summed E-state index contributed by atoms with van der Waals surface area (Å²) in [5.41, 5.74) is 11.2. The molecule has 0 aliphatic rings. The van der Waals surface area contributed by atoms with Crippen molar-refractivity contribution in [3.63, 3.8) is 0 Å². The van der Waals surface area contributed by atoms with Crippen LogP contribution in [0.15, 0.2) is 30.6 Å². The van der Waals surface area contributed by atoms with Gasteiger partial charge < -0.3 is 10.3 Å². The number of nitriles is 1. The molecule has 0 atom stereocenters. The Hall–Kier alpha value is -2.87. The van der Waals surface area contributed by atoms with E-state index in [4.69, 9.17) is 11.0 Å². The highest BCUT2D eigenvalue weighted by molar-refractivity contribution is 5.92. The second kappa shape index (κ2) is 4.91. The molecule has 1 aromatic carbocycles. The number of rotatable bonds is 2. The van der Waals surface area contributed by atoms with Gasteiger partial charge in [0.05, 0.1) is 28.7 Å². The number of aryl methyl sites for hydroxylation is 2. The van der Waals surface area contributed by atoms with Crippen LogP contribution in [-0.2, 0) is 13.5 Å². The van der Waals surface area contributed by atoms with E-state index >= 15 is 0 Å². The molecule has 5 nitrogen and oxygen atoms in total. The molecule has 3 rings (SSSR count). The van der Waals surface area contributed by atoms with Crippen molar-refractivity contribution < 1.29 is 0 Å². The minimum absolute atomic E-state index is 0.259. The van der Waals surface area contributed by atoms with Crippen LogP contribution in [-0.4, -0.2) is 14.5 Å². The van der Waals surface area contributed by atoms with Gasteiger partial charge in [0.2, 0.25) is 0 Å². The molecule has 2 aromatic heterocycles. The lowest BCUT2D eigenvalue weighted by Crippen LogP contribution is -2.01. The molecule has 0 spiro atoms. The number of para-hydroxylation sites is 1. The Morgan fingerprint density at radius 2 is 2.19 bits per heavy atom. The smallest absolute Gasteiger partial charge is 0.164 e. The van der Waals surface area contributed by atoms with Crippen molar-refractivity contribution in [1.82, 2.24) is 14.5 Å². The summed E-state index contributed by atoms with van der Waals surface area (Å²) >= 11 is 0. The Balaban J connectivity index is 2.35. The molecule has 104 valence electrons. The first-order valence-electron chi connectivity index (χ1n) is 6.75. The zero-order valence-corrected chi connectivity index (χ0v) is 12.0. The Morgan fingerprint density at radius 3 is 2.90 bits per heavy atom. The van der Waals surface area contributed by atoms with E-state index in [-0.39, 0.29) is 5.69 Å². The van der Waals surface area contributed by atoms with Crippen molar-refractivity contribution >= 4 is 16.7 Å². The second-order valence-corrected chi connectivity index (χ2v) is 4.93. The van der Waals surface area contributed by atoms with Gasteiger partial charge in [-0.15, -0.1) is 0 Å². The number of hydrogen-bond acceptors (Lipinski definition) is 4. The molecule has 0 fully saturated rings. The fourth-order valence-corrected chi connectivity index (χ4v) is 2.51. The number of nitrogens with two attached hydrogens (primary N) is 1. The molecular formula is C16H15N5. The molecule has 0 unspecified atom stereocenters. The van der Waals surface area contributed by atoms with Gasteiger partial charge >= 0.3 is 0 Å². The van der Waals surface area contributed by atoms with Crippen LogP contribution in [0.25, 0.3) is 22.3 Å². The molecule has 0 saturated heterocycles. The number of imidazole rings is 1. The second-order valence-electron chi connectivity index (χ2n) is 4.93.